The van der Waals surface area contributed by atoms with Gasteiger partial charge in [0.25, 0.3) is 0 Å². The van der Waals surface area contributed by atoms with Crippen molar-refractivity contribution in [3.05, 3.63) is 0 Å². The maximum atomic E-state index is 10.1. The zero-order chi connectivity index (χ0) is 16.7. The molecule has 3 aliphatic heterocycles. The summed E-state index contributed by atoms with van der Waals surface area (Å²) in [5, 5.41) is 49.0. The molecule has 134 valence electrons. The van der Waals surface area contributed by atoms with E-state index in [1.807, 2.05) is 0 Å². The Kier molecular flexibility index (Phi) is 5.18. The van der Waals surface area contributed by atoms with Gasteiger partial charge in [-0.05, 0) is 0 Å². The average Bonchev–Trinajstić information content (AvgIpc) is 2.79. The van der Waals surface area contributed by atoms with E-state index in [9.17, 15) is 25.5 Å². The van der Waals surface area contributed by atoms with Crippen molar-refractivity contribution >= 4 is 0 Å². The number of aliphatic hydroxyl groups excluding tert-OH is 5. The van der Waals surface area contributed by atoms with Crippen LogP contribution in [0.3, 0.4) is 0 Å². The molecule has 5 N–H and O–H groups in total. The molecule has 0 radical (unpaired) electrons. The van der Waals surface area contributed by atoms with E-state index >= 15 is 0 Å². The number of hydrogen-bond acceptors (Lipinski definition) is 10. The molecular formula is C13H22O10. The SMILES string of the molecule is CO[C@@H]1[C@H](O[C@@H]2[C@@H](O)[C@H](O)O[C@H](CO)[C@@H]2O)O[C@H]2CO[C@@H]1[C@@H]2O. The van der Waals surface area contributed by atoms with Crippen LogP contribution < -0.4 is 0 Å². The van der Waals surface area contributed by atoms with Crippen LogP contribution >= 0.6 is 0 Å². The van der Waals surface area contributed by atoms with Gasteiger partial charge in [-0.1, -0.05) is 0 Å². The zero-order valence-corrected chi connectivity index (χ0v) is 12.5. The lowest BCUT2D eigenvalue weighted by Gasteiger charge is -2.44. The molecule has 23 heavy (non-hydrogen) atoms. The van der Waals surface area contributed by atoms with Crippen LogP contribution in [0.4, 0.5) is 0 Å². The van der Waals surface area contributed by atoms with Crippen LogP contribution in [0, 0.1) is 0 Å². The summed E-state index contributed by atoms with van der Waals surface area (Å²) in [6.45, 7) is -0.385. The lowest BCUT2D eigenvalue weighted by Crippen LogP contribution is -2.63. The van der Waals surface area contributed by atoms with Gasteiger partial charge in [0.15, 0.2) is 12.6 Å². The van der Waals surface area contributed by atoms with E-state index in [4.69, 9.17) is 23.7 Å². The Morgan fingerprint density at radius 2 is 1.74 bits per heavy atom. The fraction of sp³-hybridized carbons (Fsp3) is 1.00. The van der Waals surface area contributed by atoms with Gasteiger partial charge in [-0.25, -0.2) is 0 Å². The van der Waals surface area contributed by atoms with Gasteiger partial charge >= 0.3 is 0 Å². The minimum absolute atomic E-state index is 0.173. The zero-order valence-electron chi connectivity index (χ0n) is 12.5. The average molecular weight is 338 g/mol. The second kappa shape index (κ2) is 6.84. The summed E-state index contributed by atoms with van der Waals surface area (Å²) in [7, 11) is 1.39. The standard InChI is InChI=1S/C13H22O10/c1-19-11-10-7(16)5(3-20-10)22-13(11)23-9-6(15)4(2-14)21-12(18)8(9)17/h4-18H,2-3H2,1H3/t4-,5+,6+,7-,8-,9+,10-,11+,12-,13+/m1/s1. The van der Waals surface area contributed by atoms with Crippen LogP contribution in [-0.2, 0) is 23.7 Å². The number of hydrogen-bond donors (Lipinski definition) is 5. The number of aliphatic hydroxyl groups is 5. The highest BCUT2D eigenvalue weighted by molar-refractivity contribution is 4.97. The van der Waals surface area contributed by atoms with E-state index in [0.29, 0.717) is 0 Å². The van der Waals surface area contributed by atoms with Crippen LogP contribution in [0.2, 0.25) is 0 Å². The molecular weight excluding hydrogens is 316 g/mol. The third-order valence-corrected chi connectivity index (χ3v) is 4.48. The van der Waals surface area contributed by atoms with Gasteiger partial charge in [0.05, 0.1) is 13.2 Å². The maximum Gasteiger partial charge on any atom is 0.187 e. The summed E-state index contributed by atoms with van der Waals surface area (Å²) in [6, 6.07) is 0. The third-order valence-electron chi connectivity index (χ3n) is 4.48. The highest BCUT2D eigenvalue weighted by Gasteiger charge is 2.54. The minimum atomic E-state index is -1.62. The van der Waals surface area contributed by atoms with Crippen molar-refractivity contribution in [2.45, 2.75) is 61.4 Å². The van der Waals surface area contributed by atoms with Gasteiger partial charge in [-0.15, -0.1) is 0 Å². The highest BCUT2D eigenvalue weighted by Crippen LogP contribution is 2.34. The Bertz CT molecular complexity index is 408. The second-order valence-electron chi connectivity index (χ2n) is 5.86. The second-order valence-corrected chi connectivity index (χ2v) is 5.86. The molecule has 3 saturated heterocycles. The molecule has 3 aliphatic rings. The molecule has 0 spiro atoms. The van der Waals surface area contributed by atoms with Gasteiger partial charge in [0.2, 0.25) is 0 Å². The van der Waals surface area contributed by atoms with Crippen molar-refractivity contribution in [3.8, 4) is 0 Å². The van der Waals surface area contributed by atoms with Crippen molar-refractivity contribution in [3.63, 3.8) is 0 Å². The van der Waals surface area contributed by atoms with E-state index in [1.165, 1.54) is 7.11 Å². The lowest BCUT2D eigenvalue weighted by atomic mass is 9.98. The van der Waals surface area contributed by atoms with Gasteiger partial charge in [0.1, 0.15) is 48.8 Å². The topological polar surface area (TPSA) is 147 Å². The van der Waals surface area contributed by atoms with Crippen LogP contribution in [0.25, 0.3) is 0 Å². The van der Waals surface area contributed by atoms with Crippen molar-refractivity contribution < 1.29 is 49.2 Å². The van der Waals surface area contributed by atoms with Gasteiger partial charge in [-0.2, -0.15) is 0 Å². The summed E-state index contributed by atoms with van der Waals surface area (Å²) in [5.41, 5.74) is 0. The van der Waals surface area contributed by atoms with E-state index in [1.54, 1.807) is 0 Å². The van der Waals surface area contributed by atoms with E-state index in [0.717, 1.165) is 0 Å². The van der Waals surface area contributed by atoms with Crippen LogP contribution in [-0.4, -0.2) is 107 Å². The van der Waals surface area contributed by atoms with Crippen molar-refractivity contribution in [1.82, 2.24) is 0 Å². The highest BCUT2D eigenvalue weighted by atomic mass is 16.7. The molecule has 0 saturated carbocycles. The Morgan fingerprint density at radius 3 is 2.39 bits per heavy atom. The predicted octanol–water partition coefficient (Wildman–Crippen LogP) is -3.70. The molecule has 0 amide bonds. The number of methoxy groups -OCH3 is 1. The first-order valence-corrected chi connectivity index (χ1v) is 7.41. The molecule has 0 unspecified atom stereocenters. The van der Waals surface area contributed by atoms with Gasteiger partial charge in [-0.3, -0.25) is 0 Å². The van der Waals surface area contributed by atoms with Crippen molar-refractivity contribution in [2.75, 3.05) is 20.3 Å². The summed E-state index contributed by atoms with van der Waals surface area (Å²) in [6.07, 6.45) is -10.9. The Morgan fingerprint density at radius 1 is 1.00 bits per heavy atom. The Labute approximate surface area is 132 Å². The van der Waals surface area contributed by atoms with Crippen molar-refractivity contribution in [1.29, 1.82) is 0 Å². The largest absolute Gasteiger partial charge is 0.394 e. The first kappa shape index (κ1) is 17.4. The Balaban J connectivity index is 1.74. The fourth-order valence-electron chi connectivity index (χ4n) is 3.17. The normalized spacial score (nSPS) is 53.5. The summed E-state index contributed by atoms with van der Waals surface area (Å²) < 4.78 is 26.7. The number of ether oxygens (including phenoxy) is 5. The smallest absolute Gasteiger partial charge is 0.187 e. The molecule has 3 heterocycles. The predicted molar refractivity (Wildman–Crippen MR) is 70.1 cm³/mol. The molecule has 0 aromatic rings. The number of rotatable bonds is 4. The van der Waals surface area contributed by atoms with E-state index in [2.05, 4.69) is 0 Å². The molecule has 0 aromatic carbocycles. The van der Waals surface area contributed by atoms with E-state index in [-0.39, 0.29) is 6.61 Å². The number of fused-ring (bicyclic) bond motifs is 2. The first-order valence-electron chi connectivity index (χ1n) is 7.41. The molecule has 3 fully saturated rings. The molecule has 0 aliphatic carbocycles. The summed E-state index contributed by atoms with van der Waals surface area (Å²) in [5.74, 6) is 0. The minimum Gasteiger partial charge on any atom is -0.394 e. The molecule has 10 nitrogen and oxygen atoms in total. The van der Waals surface area contributed by atoms with E-state index < -0.39 is 68.0 Å². The quantitative estimate of drug-likeness (QED) is 0.347. The summed E-state index contributed by atoms with van der Waals surface area (Å²) in [4.78, 5) is 0. The molecule has 2 bridgehead atoms. The third kappa shape index (κ3) is 3.00. The van der Waals surface area contributed by atoms with Crippen molar-refractivity contribution in [2.24, 2.45) is 0 Å². The lowest BCUT2D eigenvalue weighted by molar-refractivity contribution is -0.343. The van der Waals surface area contributed by atoms with Gasteiger partial charge < -0.3 is 49.2 Å². The molecule has 10 heteroatoms. The first-order chi connectivity index (χ1) is 11.0. The molecule has 3 rings (SSSR count). The van der Waals surface area contributed by atoms with Crippen LogP contribution in [0.5, 0.6) is 0 Å². The summed E-state index contributed by atoms with van der Waals surface area (Å²) >= 11 is 0. The maximum absolute atomic E-state index is 10.1. The molecule has 0 aromatic heterocycles. The monoisotopic (exact) mass is 338 g/mol. The van der Waals surface area contributed by atoms with Crippen LogP contribution in [0.1, 0.15) is 0 Å². The van der Waals surface area contributed by atoms with Crippen LogP contribution in [0.15, 0.2) is 0 Å². The fourth-order valence-corrected chi connectivity index (χ4v) is 3.17. The Hall–Kier alpha value is -0.400. The molecule has 10 atom stereocenters. The van der Waals surface area contributed by atoms with Gasteiger partial charge in [0, 0.05) is 7.11 Å².